The molecule has 1 fully saturated rings. The van der Waals surface area contributed by atoms with Crippen LogP contribution < -0.4 is 10.1 Å². The van der Waals surface area contributed by atoms with Gasteiger partial charge in [-0.25, -0.2) is 0 Å². The van der Waals surface area contributed by atoms with Crippen LogP contribution in [0.2, 0.25) is 0 Å². The molecule has 2 rings (SSSR count). The molecule has 19 heavy (non-hydrogen) atoms. The molecule has 0 aromatic heterocycles. The van der Waals surface area contributed by atoms with Gasteiger partial charge in [-0.2, -0.15) is 0 Å². The smallest absolute Gasteiger partial charge is 0.119 e. The minimum absolute atomic E-state index is 0.458. The van der Waals surface area contributed by atoms with Gasteiger partial charge in [-0.15, -0.1) is 0 Å². The van der Waals surface area contributed by atoms with E-state index in [-0.39, 0.29) is 0 Å². The zero-order valence-electron chi connectivity index (χ0n) is 12.5. The van der Waals surface area contributed by atoms with Gasteiger partial charge in [0.15, 0.2) is 0 Å². The SMILES string of the molecule is CCCNC(c1ccc(OC2CC2)cc1)C(C)CC. The van der Waals surface area contributed by atoms with Crippen molar-refractivity contribution in [2.24, 2.45) is 5.92 Å². The molecule has 0 bridgehead atoms. The maximum absolute atomic E-state index is 5.81. The van der Waals surface area contributed by atoms with Crippen molar-refractivity contribution in [1.82, 2.24) is 5.32 Å². The highest BCUT2D eigenvalue weighted by Crippen LogP contribution is 2.29. The van der Waals surface area contributed by atoms with Gasteiger partial charge in [0, 0.05) is 6.04 Å². The number of ether oxygens (including phenoxy) is 1. The van der Waals surface area contributed by atoms with Crippen LogP contribution in [-0.4, -0.2) is 12.6 Å². The quantitative estimate of drug-likeness (QED) is 0.752. The molecule has 0 heterocycles. The number of nitrogens with one attached hydrogen (secondary N) is 1. The first-order valence-electron chi connectivity index (χ1n) is 7.74. The molecule has 1 aliphatic carbocycles. The van der Waals surface area contributed by atoms with Crippen LogP contribution in [0, 0.1) is 5.92 Å². The Morgan fingerprint density at radius 2 is 1.89 bits per heavy atom. The van der Waals surface area contributed by atoms with E-state index in [1.54, 1.807) is 0 Å². The van der Waals surface area contributed by atoms with Crippen LogP contribution in [0.3, 0.4) is 0 Å². The Labute approximate surface area is 117 Å². The van der Waals surface area contributed by atoms with Crippen molar-refractivity contribution in [3.05, 3.63) is 29.8 Å². The number of hydrogen-bond acceptors (Lipinski definition) is 2. The lowest BCUT2D eigenvalue weighted by molar-refractivity contribution is 0.302. The summed E-state index contributed by atoms with van der Waals surface area (Å²) in [6.07, 6.45) is 5.29. The predicted octanol–water partition coefficient (Wildman–Crippen LogP) is 4.31. The first-order chi connectivity index (χ1) is 9.24. The van der Waals surface area contributed by atoms with Crippen LogP contribution in [0.1, 0.15) is 58.1 Å². The predicted molar refractivity (Wildman–Crippen MR) is 80.6 cm³/mol. The van der Waals surface area contributed by atoms with Crippen molar-refractivity contribution in [2.75, 3.05) is 6.54 Å². The Hall–Kier alpha value is -1.02. The van der Waals surface area contributed by atoms with Crippen molar-refractivity contribution >= 4 is 0 Å². The van der Waals surface area contributed by atoms with Gasteiger partial charge in [0.05, 0.1) is 6.10 Å². The molecule has 1 aromatic rings. The van der Waals surface area contributed by atoms with E-state index in [0.29, 0.717) is 18.1 Å². The third-order valence-electron chi connectivity index (χ3n) is 3.89. The molecular formula is C17H27NO. The molecule has 0 radical (unpaired) electrons. The third-order valence-corrected chi connectivity index (χ3v) is 3.89. The fourth-order valence-electron chi connectivity index (χ4n) is 2.32. The molecule has 0 amide bonds. The van der Waals surface area contributed by atoms with Crippen LogP contribution in [0.15, 0.2) is 24.3 Å². The number of benzene rings is 1. The molecule has 0 spiro atoms. The van der Waals surface area contributed by atoms with Crippen molar-refractivity contribution < 1.29 is 4.74 Å². The molecule has 2 unspecified atom stereocenters. The summed E-state index contributed by atoms with van der Waals surface area (Å²) in [7, 11) is 0. The maximum atomic E-state index is 5.81. The lowest BCUT2D eigenvalue weighted by Crippen LogP contribution is -2.27. The largest absolute Gasteiger partial charge is 0.490 e. The molecule has 106 valence electrons. The van der Waals surface area contributed by atoms with E-state index < -0.39 is 0 Å². The van der Waals surface area contributed by atoms with Gasteiger partial charge >= 0.3 is 0 Å². The third kappa shape index (κ3) is 4.24. The average Bonchev–Trinajstić information content (AvgIpc) is 3.24. The molecule has 2 atom stereocenters. The van der Waals surface area contributed by atoms with E-state index in [1.165, 1.54) is 31.2 Å². The molecule has 1 aliphatic rings. The topological polar surface area (TPSA) is 21.3 Å². The monoisotopic (exact) mass is 261 g/mol. The second kappa shape index (κ2) is 6.95. The van der Waals surface area contributed by atoms with Gasteiger partial charge in [0.2, 0.25) is 0 Å². The number of hydrogen-bond donors (Lipinski definition) is 1. The molecule has 0 saturated heterocycles. The molecule has 1 aromatic carbocycles. The summed E-state index contributed by atoms with van der Waals surface area (Å²) in [5.41, 5.74) is 1.38. The average molecular weight is 261 g/mol. The van der Waals surface area contributed by atoms with Crippen LogP contribution in [0.5, 0.6) is 5.75 Å². The Morgan fingerprint density at radius 3 is 2.42 bits per heavy atom. The summed E-state index contributed by atoms with van der Waals surface area (Å²) in [5.74, 6) is 1.67. The second-order valence-electron chi connectivity index (χ2n) is 5.70. The summed E-state index contributed by atoms with van der Waals surface area (Å²) in [4.78, 5) is 0. The van der Waals surface area contributed by atoms with Crippen LogP contribution in [0.4, 0.5) is 0 Å². The summed E-state index contributed by atoms with van der Waals surface area (Å²) in [6, 6.07) is 9.14. The highest BCUT2D eigenvalue weighted by molar-refractivity contribution is 5.30. The van der Waals surface area contributed by atoms with Gasteiger partial charge in [-0.05, 0) is 49.4 Å². The van der Waals surface area contributed by atoms with E-state index in [1.807, 2.05) is 0 Å². The van der Waals surface area contributed by atoms with Gasteiger partial charge in [0.25, 0.3) is 0 Å². The summed E-state index contributed by atoms with van der Waals surface area (Å²) >= 11 is 0. The van der Waals surface area contributed by atoms with Gasteiger partial charge in [0.1, 0.15) is 5.75 Å². The van der Waals surface area contributed by atoms with E-state index in [2.05, 4.69) is 50.4 Å². The second-order valence-corrected chi connectivity index (χ2v) is 5.70. The fraction of sp³-hybridized carbons (Fsp3) is 0.647. The normalized spacial score (nSPS) is 18.1. The molecule has 0 aliphatic heterocycles. The Balaban J connectivity index is 2.02. The van der Waals surface area contributed by atoms with Crippen LogP contribution in [-0.2, 0) is 0 Å². The fourth-order valence-corrected chi connectivity index (χ4v) is 2.32. The molecule has 2 heteroatoms. The minimum Gasteiger partial charge on any atom is -0.490 e. The first-order valence-corrected chi connectivity index (χ1v) is 7.74. The van der Waals surface area contributed by atoms with Crippen molar-refractivity contribution in [2.45, 2.75) is 58.6 Å². The van der Waals surface area contributed by atoms with E-state index in [9.17, 15) is 0 Å². The molecule has 1 N–H and O–H groups in total. The maximum Gasteiger partial charge on any atom is 0.119 e. The van der Waals surface area contributed by atoms with Gasteiger partial charge < -0.3 is 10.1 Å². The van der Waals surface area contributed by atoms with E-state index in [4.69, 9.17) is 4.74 Å². The highest BCUT2D eigenvalue weighted by atomic mass is 16.5. The summed E-state index contributed by atoms with van der Waals surface area (Å²) in [5, 5.41) is 3.67. The molecular weight excluding hydrogens is 234 g/mol. The van der Waals surface area contributed by atoms with Gasteiger partial charge in [-0.3, -0.25) is 0 Å². The molecule has 1 saturated carbocycles. The van der Waals surface area contributed by atoms with Crippen LogP contribution in [0.25, 0.3) is 0 Å². The lowest BCUT2D eigenvalue weighted by Gasteiger charge is -2.25. The first kappa shape index (κ1) is 14.4. The Kier molecular flexibility index (Phi) is 5.26. The van der Waals surface area contributed by atoms with Crippen molar-refractivity contribution in [3.8, 4) is 5.75 Å². The Bertz CT molecular complexity index is 369. The minimum atomic E-state index is 0.458. The standard InChI is InChI=1S/C17H27NO/c1-4-12-18-17(13(3)5-2)14-6-8-15(9-7-14)19-16-10-11-16/h6-9,13,16-18H,4-5,10-12H2,1-3H3. The summed E-state index contributed by atoms with van der Waals surface area (Å²) < 4.78 is 5.81. The lowest BCUT2D eigenvalue weighted by atomic mass is 9.92. The van der Waals surface area contributed by atoms with Crippen molar-refractivity contribution in [1.29, 1.82) is 0 Å². The highest BCUT2D eigenvalue weighted by Gasteiger charge is 2.23. The zero-order valence-corrected chi connectivity index (χ0v) is 12.5. The van der Waals surface area contributed by atoms with Crippen LogP contribution >= 0.6 is 0 Å². The summed E-state index contributed by atoms with van der Waals surface area (Å²) in [6.45, 7) is 7.88. The number of rotatable bonds is 8. The van der Waals surface area contributed by atoms with E-state index >= 15 is 0 Å². The molecule has 2 nitrogen and oxygen atoms in total. The van der Waals surface area contributed by atoms with Crippen molar-refractivity contribution in [3.63, 3.8) is 0 Å². The van der Waals surface area contributed by atoms with Gasteiger partial charge in [-0.1, -0.05) is 39.3 Å². The van der Waals surface area contributed by atoms with E-state index in [0.717, 1.165) is 12.3 Å². The Morgan fingerprint density at radius 1 is 1.21 bits per heavy atom. The zero-order chi connectivity index (χ0) is 13.7.